The molecule has 0 aliphatic heterocycles. The molecule has 1 aromatic carbocycles. The van der Waals surface area contributed by atoms with Crippen LogP contribution in [0.15, 0.2) is 136 Å². The number of allylic oxidation sites excluding steroid dienone is 20. The Morgan fingerprint density at radius 2 is 1.45 bits per heavy atom. The van der Waals surface area contributed by atoms with Crippen LogP contribution in [0, 0.1) is 57.7 Å². The van der Waals surface area contributed by atoms with Crippen molar-refractivity contribution < 1.29 is 0 Å². The molecule has 1 N–H and O–H groups in total. The Labute approximate surface area is 235 Å². The Bertz CT molecular complexity index is 1710. The highest BCUT2D eigenvalue weighted by Gasteiger charge is 2.51. The van der Waals surface area contributed by atoms with E-state index in [1.165, 1.54) is 50.8 Å². The second kappa shape index (κ2) is 9.78. The molecule has 0 radical (unpaired) electrons. The van der Waals surface area contributed by atoms with E-state index in [0.717, 1.165) is 24.8 Å². The van der Waals surface area contributed by atoms with Gasteiger partial charge in [0.1, 0.15) is 0 Å². The van der Waals surface area contributed by atoms with Gasteiger partial charge in [0.15, 0.2) is 0 Å². The molecule has 0 aromatic heterocycles. The molecule has 1 saturated carbocycles. The van der Waals surface area contributed by atoms with Gasteiger partial charge in [-0.25, -0.2) is 0 Å². The van der Waals surface area contributed by atoms with E-state index in [4.69, 9.17) is 5.41 Å². The van der Waals surface area contributed by atoms with Crippen LogP contribution >= 0.6 is 0 Å². The van der Waals surface area contributed by atoms with Crippen LogP contribution < -0.4 is 0 Å². The molecule has 0 spiro atoms. The van der Waals surface area contributed by atoms with Crippen LogP contribution in [0.3, 0.4) is 0 Å². The zero-order valence-corrected chi connectivity index (χ0v) is 22.2. The van der Waals surface area contributed by atoms with Gasteiger partial charge in [-0.2, -0.15) is 10.5 Å². The Balaban J connectivity index is 1.36. The average molecular weight is 516 g/mol. The minimum absolute atomic E-state index is 0.0716. The van der Waals surface area contributed by atoms with Crippen LogP contribution in [0.2, 0.25) is 0 Å². The first-order valence-corrected chi connectivity index (χ1v) is 14.1. The first-order valence-electron chi connectivity index (χ1n) is 14.1. The minimum atomic E-state index is -0.0716. The van der Waals surface area contributed by atoms with Gasteiger partial charge >= 0.3 is 0 Å². The summed E-state index contributed by atoms with van der Waals surface area (Å²) in [7, 11) is 0. The smallest absolute Gasteiger partial charge is 0.0991 e. The molecule has 1 fully saturated rings. The Hall–Kier alpha value is -4.73. The van der Waals surface area contributed by atoms with Crippen LogP contribution in [-0.4, -0.2) is 6.21 Å². The van der Waals surface area contributed by atoms with Gasteiger partial charge in [0.2, 0.25) is 0 Å². The van der Waals surface area contributed by atoms with Crippen molar-refractivity contribution in [1.82, 2.24) is 0 Å². The molecule has 3 heteroatoms. The fraction of sp³-hybridized carbons (Fsp3) is 0.216. The lowest BCUT2D eigenvalue weighted by Crippen LogP contribution is -2.23. The number of hydrogen-bond donors (Lipinski definition) is 1. The van der Waals surface area contributed by atoms with Crippen molar-refractivity contribution in [3.63, 3.8) is 0 Å². The maximum atomic E-state index is 9.59. The normalized spacial score (nSPS) is 29.5. The molecule has 0 saturated heterocycles. The molecule has 192 valence electrons. The monoisotopic (exact) mass is 515 g/mol. The SMILES string of the molecule is N#Cc1ccc(C2=CC=C(C3=CC=C(C=N)CC3)C3C4=CC=CC5C(C6=CC=CC(C#N)C6)=CC=C(C45)C23)cc1. The molecular formula is C37H29N3. The number of nitrogens with one attached hydrogen (secondary N) is 1. The van der Waals surface area contributed by atoms with Gasteiger partial charge in [0, 0.05) is 29.9 Å². The first kappa shape index (κ1) is 24.3. The number of benzene rings is 1. The van der Waals surface area contributed by atoms with Crippen LogP contribution in [0.25, 0.3) is 5.57 Å². The number of rotatable bonds is 4. The lowest BCUT2D eigenvalue weighted by molar-refractivity contribution is 0.573. The Morgan fingerprint density at radius 1 is 0.700 bits per heavy atom. The summed E-state index contributed by atoms with van der Waals surface area (Å²) in [5.74, 6) is 0.965. The minimum Gasteiger partial charge on any atom is -0.308 e. The summed E-state index contributed by atoms with van der Waals surface area (Å²) in [5, 5.41) is 26.6. The van der Waals surface area contributed by atoms with Crippen LogP contribution in [0.1, 0.15) is 30.4 Å². The molecule has 0 heterocycles. The van der Waals surface area contributed by atoms with Crippen molar-refractivity contribution in [3.05, 3.63) is 147 Å². The molecule has 3 nitrogen and oxygen atoms in total. The van der Waals surface area contributed by atoms with Gasteiger partial charge in [0.25, 0.3) is 0 Å². The van der Waals surface area contributed by atoms with E-state index in [-0.39, 0.29) is 23.7 Å². The number of nitriles is 2. The van der Waals surface area contributed by atoms with Crippen LogP contribution in [0.4, 0.5) is 0 Å². The van der Waals surface area contributed by atoms with Gasteiger partial charge in [-0.1, -0.05) is 96.2 Å². The van der Waals surface area contributed by atoms with E-state index in [1.807, 2.05) is 24.3 Å². The van der Waals surface area contributed by atoms with Crippen molar-refractivity contribution in [2.24, 2.45) is 29.6 Å². The number of nitrogens with zero attached hydrogens (tertiary/aromatic N) is 2. The number of fused-ring (bicyclic) bond motifs is 3. The van der Waals surface area contributed by atoms with Gasteiger partial charge in [-0.05, 0) is 70.4 Å². The van der Waals surface area contributed by atoms with E-state index < -0.39 is 0 Å². The lowest BCUT2D eigenvalue weighted by Gasteiger charge is -2.34. The summed E-state index contributed by atoms with van der Waals surface area (Å²) in [5.41, 5.74) is 12.5. The first-order chi connectivity index (χ1) is 19.7. The number of hydrogen-bond acceptors (Lipinski definition) is 3. The summed E-state index contributed by atoms with van der Waals surface area (Å²) in [4.78, 5) is 0. The highest BCUT2D eigenvalue weighted by molar-refractivity contribution is 5.80. The van der Waals surface area contributed by atoms with E-state index >= 15 is 0 Å². The molecular weight excluding hydrogens is 486 g/mol. The fourth-order valence-corrected chi connectivity index (χ4v) is 7.51. The molecule has 7 rings (SSSR count). The maximum Gasteiger partial charge on any atom is 0.0991 e. The van der Waals surface area contributed by atoms with Gasteiger partial charge in [-0.3, -0.25) is 0 Å². The maximum absolute atomic E-state index is 9.59. The van der Waals surface area contributed by atoms with Crippen molar-refractivity contribution in [2.75, 3.05) is 0 Å². The summed E-state index contributed by atoms with van der Waals surface area (Å²) in [6.07, 6.45) is 31.0. The summed E-state index contributed by atoms with van der Waals surface area (Å²) in [6, 6.07) is 12.7. The fourth-order valence-electron chi connectivity index (χ4n) is 7.51. The van der Waals surface area contributed by atoms with E-state index in [9.17, 15) is 10.5 Å². The van der Waals surface area contributed by atoms with E-state index in [1.54, 1.807) is 0 Å². The average Bonchev–Trinajstić information content (AvgIpc) is 3.37. The zero-order valence-electron chi connectivity index (χ0n) is 22.2. The molecule has 40 heavy (non-hydrogen) atoms. The van der Waals surface area contributed by atoms with Gasteiger partial charge in [-0.15, -0.1) is 0 Å². The predicted molar refractivity (Wildman–Crippen MR) is 160 cm³/mol. The standard InChI is InChI=1S/C37H29N3/c38-20-23-7-11-26(12-8-23)30-16-17-31(27-13-9-24(21-39)10-14-27)37-34-18-15-29(28-4-1-3-25(19-28)22-40)32-5-2-6-33(35(32)34)36(30)37/h1-7,9-11,13-18,20,25,32,35-38H,8,12,19H2. The highest BCUT2D eigenvalue weighted by Crippen LogP contribution is 2.62. The van der Waals surface area contributed by atoms with Gasteiger partial charge in [0.05, 0.1) is 23.6 Å². The quantitative estimate of drug-likeness (QED) is 0.412. The molecule has 6 aliphatic carbocycles. The molecule has 5 unspecified atom stereocenters. The van der Waals surface area contributed by atoms with Crippen molar-refractivity contribution in [3.8, 4) is 12.1 Å². The molecule has 1 aromatic rings. The van der Waals surface area contributed by atoms with Gasteiger partial charge < -0.3 is 5.41 Å². The van der Waals surface area contributed by atoms with Crippen molar-refractivity contribution in [2.45, 2.75) is 19.3 Å². The second-order valence-corrected chi connectivity index (χ2v) is 11.3. The van der Waals surface area contributed by atoms with Crippen LogP contribution in [-0.2, 0) is 0 Å². The second-order valence-electron chi connectivity index (χ2n) is 11.3. The Morgan fingerprint density at radius 3 is 2.20 bits per heavy atom. The lowest BCUT2D eigenvalue weighted by atomic mass is 9.70. The Kier molecular flexibility index (Phi) is 5.95. The topological polar surface area (TPSA) is 71.4 Å². The van der Waals surface area contributed by atoms with Crippen molar-refractivity contribution in [1.29, 1.82) is 15.9 Å². The van der Waals surface area contributed by atoms with Crippen LogP contribution in [0.5, 0.6) is 0 Å². The van der Waals surface area contributed by atoms with E-state index in [2.05, 4.69) is 85.0 Å². The highest BCUT2D eigenvalue weighted by atomic mass is 14.5. The third kappa shape index (κ3) is 3.82. The predicted octanol–water partition coefficient (Wildman–Crippen LogP) is 8.04. The van der Waals surface area contributed by atoms with E-state index in [0.29, 0.717) is 11.5 Å². The third-order valence-electron chi connectivity index (χ3n) is 9.37. The van der Waals surface area contributed by atoms with Crippen molar-refractivity contribution >= 4 is 11.8 Å². The summed E-state index contributed by atoms with van der Waals surface area (Å²) < 4.78 is 0. The zero-order chi connectivity index (χ0) is 27.2. The summed E-state index contributed by atoms with van der Waals surface area (Å²) >= 11 is 0. The molecule has 6 aliphatic rings. The third-order valence-corrected chi connectivity index (χ3v) is 9.37. The molecule has 5 atom stereocenters. The largest absolute Gasteiger partial charge is 0.308 e. The molecule has 0 amide bonds. The molecule has 0 bridgehead atoms. The summed E-state index contributed by atoms with van der Waals surface area (Å²) in [6.45, 7) is 0.